The normalized spacial score (nSPS) is 28.9. The predicted molar refractivity (Wildman–Crippen MR) is 82.3 cm³/mol. The maximum absolute atomic E-state index is 13.3. The molecule has 1 aromatic rings. The first-order chi connectivity index (χ1) is 10.7. The largest absolute Gasteiger partial charge is 0.381 e. The summed E-state index contributed by atoms with van der Waals surface area (Å²) in [5.74, 6) is -0.153. The molecule has 0 amide bonds. The number of rotatable bonds is 3. The minimum absolute atomic E-state index is 0.153. The van der Waals surface area contributed by atoms with Gasteiger partial charge in [-0.1, -0.05) is 12.1 Å². The minimum Gasteiger partial charge on any atom is -0.381 e. The van der Waals surface area contributed by atoms with E-state index < -0.39 is 0 Å². The Bertz CT molecular complexity index is 524. The molecule has 3 fully saturated rings. The SMILES string of the molecule is Fc1cccc(C[C@@H]2CC3(CO2)CN(C2CCOCC2)C3)c1. The molecule has 0 saturated carbocycles. The van der Waals surface area contributed by atoms with Gasteiger partial charge in [0, 0.05) is 37.8 Å². The zero-order valence-corrected chi connectivity index (χ0v) is 13.0. The van der Waals surface area contributed by atoms with Gasteiger partial charge in [0.25, 0.3) is 0 Å². The van der Waals surface area contributed by atoms with E-state index in [-0.39, 0.29) is 11.9 Å². The molecule has 1 spiro atoms. The molecule has 0 radical (unpaired) electrons. The summed E-state index contributed by atoms with van der Waals surface area (Å²) in [6, 6.07) is 7.61. The van der Waals surface area contributed by atoms with Gasteiger partial charge in [0.15, 0.2) is 0 Å². The third kappa shape index (κ3) is 2.92. The van der Waals surface area contributed by atoms with Crippen molar-refractivity contribution in [1.29, 1.82) is 0 Å². The Morgan fingerprint density at radius 3 is 2.82 bits per heavy atom. The fraction of sp³-hybridized carbons (Fsp3) is 0.667. The first-order valence-corrected chi connectivity index (χ1v) is 8.40. The third-order valence-electron chi connectivity index (χ3n) is 5.42. The molecule has 0 aliphatic carbocycles. The van der Waals surface area contributed by atoms with Crippen LogP contribution in [0, 0.1) is 11.2 Å². The molecule has 4 rings (SSSR count). The van der Waals surface area contributed by atoms with Gasteiger partial charge in [-0.3, -0.25) is 4.90 Å². The van der Waals surface area contributed by atoms with Crippen molar-refractivity contribution >= 4 is 0 Å². The molecule has 1 aromatic carbocycles. The number of benzene rings is 1. The number of likely N-dealkylation sites (tertiary alicyclic amines) is 1. The van der Waals surface area contributed by atoms with E-state index in [1.807, 2.05) is 6.07 Å². The van der Waals surface area contributed by atoms with Crippen molar-refractivity contribution < 1.29 is 13.9 Å². The van der Waals surface area contributed by atoms with E-state index in [1.165, 1.54) is 18.9 Å². The van der Waals surface area contributed by atoms with Crippen LogP contribution < -0.4 is 0 Å². The van der Waals surface area contributed by atoms with Crippen molar-refractivity contribution in [2.45, 2.75) is 37.8 Å². The summed E-state index contributed by atoms with van der Waals surface area (Å²) in [4.78, 5) is 2.61. The highest BCUT2D eigenvalue weighted by atomic mass is 19.1. The molecule has 4 heteroatoms. The second kappa shape index (κ2) is 5.91. The van der Waals surface area contributed by atoms with E-state index in [0.29, 0.717) is 11.5 Å². The summed E-state index contributed by atoms with van der Waals surface area (Å²) in [6.45, 7) is 5.01. The van der Waals surface area contributed by atoms with Gasteiger partial charge in [-0.2, -0.15) is 0 Å². The van der Waals surface area contributed by atoms with Crippen molar-refractivity contribution in [3.8, 4) is 0 Å². The molecule has 0 unspecified atom stereocenters. The zero-order chi connectivity index (χ0) is 15.0. The number of hydrogen-bond donors (Lipinski definition) is 0. The van der Waals surface area contributed by atoms with Crippen LogP contribution in [0.2, 0.25) is 0 Å². The first-order valence-electron chi connectivity index (χ1n) is 8.40. The van der Waals surface area contributed by atoms with Crippen LogP contribution in [0.1, 0.15) is 24.8 Å². The molecule has 3 aliphatic rings. The van der Waals surface area contributed by atoms with Gasteiger partial charge in [0.2, 0.25) is 0 Å². The molecule has 0 aromatic heterocycles. The van der Waals surface area contributed by atoms with Crippen molar-refractivity contribution in [3.63, 3.8) is 0 Å². The van der Waals surface area contributed by atoms with E-state index in [2.05, 4.69) is 4.90 Å². The summed E-state index contributed by atoms with van der Waals surface area (Å²) in [5.41, 5.74) is 1.40. The van der Waals surface area contributed by atoms with Gasteiger partial charge >= 0.3 is 0 Å². The van der Waals surface area contributed by atoms with Gasteiger partial charge in [-0.25, -0.2) is 4.39 Å². The fourth-order valence-corrected chi connectivity index (χ4v) is 4.30. The summed E-state index contributed by atoms with van der Waals surface area (Å²) in [6.07, 6.45) is 4.53. The van der Waals surface area contributed by atoms with Crippen molar-refractivity contribution in [2.75, 3.05) is 32.9 Å². The molecule has 0 N–H and O–H groups in total. The van der Waals surface area contributed by atoms with E-state index in [9.17, 15) is 4.39 Å². The monoisotopic (exact) mass is 305 g/mol. The number of halogens is 1. The number of ether oxygens (including phenoxy) is 2. The molecule has 0 bridgehead atoms. The van der Waals surface area contributed by atoms with Crippen LogP contribution in [0.25, 0.3) is 0 Å². The molecular weight excluding hydrogens is 281 g/mol. The van der Waals surface area contributed by atoms with E-state index in [4.69, 9.17) is 9.47 Å². The zero-order valence-electron chi connectivity index (χ0n) is 13.0. The minimum atomic E-state index is -0.153. The fourth-order valence-electron chi connectivity index (χ4n) is 4.30. The third-order valence-corrected chi connectivity index (χ3v) is 5.42. The van der Waals surface area contributed by atoms with Crippen LogP contribution in [0.15, 0.2) is 24.3 Å². The molecule has 3 heterocycles. The highest BCUT2D eigenvalue weighted by Gasteiger charge is 2.50. The summed E-state index contributed by atoms with van der Waals surface area (Å²) in [7, 11) is 0. The Hall–Kier alpha value is -0.970. The lowest BCUT2D eigenvalue weighted by Crippen LogP contribution is -2.61. The Kier molecular flexibility index (Phi) is 3.93. The molecule has 120 valence electrons. The van der Waals surface area contributed by atoms with Gasteiger partial charge in [0.05, 0.1) is 12.7 Å². The number of hydrogen-bond acceptors (Lipinski definition) is 3. The quantitative estimate of drug-likeness (QED) is 0.857. The second-order valence-electron chi connectivity index (χ2n) is 7.22. The molecule has 22 heavy (non-hydrogen) atoms. The van der Waals surface area contributed by atoms with Gasteiger partial charge in [0.1, 0.15) is 5.82 Å². The summed E-state index contributed by atoms with van der Waals surface area (Å²) < 4.78 is 24.7. The lowest BCUT2D eigenvalue weighted by Gasteiger charge is -2.52. The highest BCUT2D eigenvalue weighted by molar-refractivity contribution is 5.18. The van der Waals surface area contributed by atoms with Crippen LogP contribution in [0.5, 0.6) is 0 Å². The van der Waals surface area contributed by atoms with E-state index in [1.54, 1.807) is 12.1 Å². The van der Waals surface area contributed by atoms with Crippen LogP contribution in [-0.4, -0.2) is 50.0 Å². The lowest BCUT2D eigenvalue weighted by molar-refractivity contribution is -0.0664. The Labute approximate surface area is 131 Å². The van der Waals surface area contributed by atoms with Crippen molar-refractivity contribution in [1.82, 2.24) is 4.90 Å². The van der Waals surface area contributed by atoms with Crippen LogP contribution in [0.3, 0.4) is 0 Å². The van der Waals surface area contributed by atoms with Crippen LogP contribution in [0.4, 0.5) is 4.39 Å². The van der Waals surface area contributed by atoms with E-state index in [0.717, 1.165) is 51.3 Å². The summed E-state index contributed by atoms with van der Waals surface area (Å²) >= 11 is 0. The maximum Gasteiger partial charge on any atom is 0.123 e. The van der Waals surface area contributed by atoms with Gasteiger partial charge in [-0.05, 0) is 43.4 Å². The van der Waals surface area contributed by atoms with Crippen molar-refractivity contribution in [2.24, 2.45) is 5.41 Å². The molecular formula is C18H24FNO2. The molecule has 3 aliphatic heterocycles. The van der Waals surface area contributed by atoms with Gasteiger partial charge in [-0.15, -0.1) is 0 Å². The average molecular weight is 305 g/mol. The van der Waals surface area contributed by atoms with Crippen molar-refractivity contribution in [3.05, 3.63) is 35.6 Å². The topological polar surface area (TPSA) is 21.7 Å². The highest BCUT2D eigenvalue weighted by Crippen LogP contribution is 2.43. The van der Waals surface area contributed by atoms with Crippen LogP contribution >= 0.6 is 0 Å². The first kappa shape index (κ1) is 14.6. The molecule has 1 atom stereocenters. The molecule has 3 saturated heterocycles. The second-order valence-corrected chi connectivity index (χ2v) is 7.22. The molecule has 3 nitrogen and oxygen atoms in total. The average Bonchev–Trinajstić information content (AvgIpc) is 2.91. The Morgan fingerprint density at radius 1 is 1.23 bits per heavy atom. The standard InChI is InChI=1S/C18H24FNO2/c19-15-3-1-2-14(8-15)9-17-10-18(13-22-17)11-20(12-18)16-4-6-21-7-5-16/h1-3,8,16-17H,4-7,9-13H2/t17-/m1/s1. The predicted octanol–water partition coefficient (Wildman–Crippen LogP) is 2.64. The van der Waals surface area contributed by atoms with Crippen LogP contribution in [-0.2, 0) is 15.9 Å². The summed E-state index contributed by atoms with van der Waals surface area (Å²) in [5, 5.41) is 0. The Morgan fingerprint density at radius 2 is 2.05 bits per heavy atom. The van der Waals surface area contributed by atoms with E-state index >= 15 is 0 Å². The maximum atomic E-state index is 13.3. The smallest absolute Gasteiger partial charge is 0.123 e. The Balaban J connectivity index is 1.30. The van der Waals surface area contributed by atoms with Gasteiger partial charge < -0.3 is 9.47 Å². The lowest BCUT2D eigenvalue weighted by atomic mass is 9.76. The number of nitrogens with zero attached hydrogens (tertiary/aromatic N) is 1.